The molecule has 6 heteroatoms. The predicted octanol–water partition coefficient (Wildman–Crippen LogP) is 1.90. The lowest BCUT2D eigenvalue weighted by molar-refractivity contribution is 0.292. The van der Waals surface area contributed by atoms with Crippen LogP contribution in [0, 0.1) is 12.7 Å². The molecule has 112 valence electrons. The van der Waals surface area contributed by atoms with E-state index in [2.05, 4.69) is 5.32 Å². The van der Waals surface area contributed by atoms with Crippen molar-refractivity contribution in [3.63, 3.8) is 0 Å². The van der Waals surface area contributed by atoms with Crippen molar-refractivity contribution >= 4 is 10.0 Å². The molecule has 0 aliphatic carbocycles. The molecule has 4 nitrogen and oxygen atoms in total. The van der Waals surface area contributed by atoms with E-state index in [0.29, 0.717) is 24.7 Å². The topological polar surface area (TPSA) is 49.4 Å². The van der Waals surface area contributed by atoms with Crippen LogP contribution in [0.2, 0.25) is 0 Å². The Balaban J connectivity index is 2.18. The van der Waals surface area contributed by atoms with Crippen molar-refractivity contribution in [2.75, 3.05) is 19.6 Å². The first-order valence-electron chi connectivity index (χ1n) is 6.95. The minimum atomic E-state index is -3.59. The lowest BCUT2D eigenvalue weighted by Crippen LogP contribution is -2.44. The Morgan fingerprint density at radius 1 is 1.35 bits per heavy atom. The van der Waals surface area contributed by atoms with Crippen molar-refractivity contribution in [1.82, 2.24) is 9.62 Å². The molecule has 0 spiro atoms. The molecular weight excluding hydrogens is 279 g/mol. The second-order valence-electron chi connectivity index (χ2n) is 5.15. The van der Waals surface area contributed by atoms with E-state index in [9.17, 15) is 12.8 Å². The lowest BCUT2D eigenvalue weighted by atomic mass is 10.1. The molecule has 1 fully saturated rings. The van der Waals surface area contributed by atoms with E-state index in [-0.39, 0.29) is 4.90 Å². The molecule has 0 bridgehead atoms. The number of sulfonamides is 1. The van der Waals surface area contributed by atoms with Crippen LogP contribution in [0.4, 0.5) is 4.39 Å². The smallest absolute Gasteiger partial charge is 0.243 e. The van der Waals surface area contributed by atoms with Gasteiger partial charge in [0.15, 0.2) is 0 Å². The molecule has 0 amide bonds. The predicted molar refractivity (Wildman–Crippen MR) is 76.6 cm³/mol. The summed E-state index contributed by atoms with van der Waals surface area (Å²) < 4.78 is 39.9. The first-order valence-corrected chi connectivity index (χ1v) is 8.39. The van der Waals surface area contributed by atoms with Crippen molar-refractivity contribution in [3.8, 4) is 0 Å². The number of aryl methyl sites for hydroxylation is 1. The molecule has 0 radical (unpaired) electrons. The van der Waals surface area contributed by atoms with E-state index < -0.39 is 15.8 Å². The molecule has 2 rings (SSSR count). The van der Waals surface area contributed by atoms with Crippen LogP contribution in [0.5, 0.6) is 0 Å². The first kappa shape index (κ1) is 15.4. The molecule has 1 saturated heterocycles. The monoisotopic (exact) mass is 300 g/mol. The van der Waals surface area contributed by atoms with Crippen LogP contribution in [-0.2, 0) is 10.0 Å². The SMILES string of the molecule is CCNC1CCN(S(=O)(=O)c2cc(F)ccc2C)CC1. The minimum absolute atomic E-state index is 0.0828. The van der Waals surface area contributed by atoms with Crippen LogP contribution in [0.15, 0.2) is 23.1 Å². The maximum absolute atomic E-state index is 13.3. The highest BCUT2D eigenvalue weighted by molar-refractivity contribution is 7.89. The van der Waals surface area contributed by atoms with E-state index in [1.807, 2.05) is 6.92 Å². The zero-order valence-corrected chi connectivity index (χ0v) is 12.7. The van der Waals surface area contributed by atoms with Crippen LogP contribution in [0.1, 0.15) is 25.3 Å². The summed E-state index contributed by atoms with van der Waals surface area (Å²) in [5.74, 6) is -0.517. The Morgan fingerprint density at radius 3 is 2.60 bits per heavy atom. The van der Waals surface area contributed by atoms with Gasteiger partial charge in [-0.05, 0) is 44.0 Å². The van der Waals surface area contributed by atoms with Crippen LogP contribution in [-0.4, -0.2) is 38.4 Å². The second-order valence-corrected chi connectivity index (χ2v) is 7.05. The van der Waals surface area contributed by atoms with Crippen LogP contribution in [0.25, 0.3) is 0 Å². The summed E-state index contributed by atoms with van der Waals surface area (Å²) in [7, 11) is -3.59. The average molecular weight is 300 g/mol. The molecule has 0 unspecified atom stereocenters. The number of hydrogen-bond donors (Lipinski definition) is 1. The van der Waals surface area contributed by atoms with Gasteiger partial charge >= 0.3 is 0 Å². The number of benzene rings is 1. The molecule has 0 atom stereocenters. The molecule has 1 aliphatic rings. The van der Waals surface area contributed by atoms with E-state index in [1.54, 1.807) is 6.92 Å². The largest absolute Gasteiger partial charge is 0.314 e. The van der Waals surface area contributed by atoms with Gasteiger partial charge < -0.3 is 5.32 Å². The maximum atomic E-state index is 13.3. The lowest BCUT2D eigenvalue weighted by Gasteiger charge is -2.31. The van der Waals surface area contributed by atoms with Gasteiger partial charge in [0.1, 0.15) is 5.82 Å². The van der Waals surface area contributed by atoms with Gasteiger partial charge in [0.2, 0.25) is 10.0 Å². The van der Waals surface area contributed by atoms with Gasteiger partial charge in [-0.3, -0.25) is 0 Å². The Bertz CT molecular complexity index is 567. The third kappa shape index (κ3) is 3.19. The summed E-state index contributed by atoms with van der Waals surface area (Å²) in [5.41, 5.74) is 0.584. The number of hydrogen-bond acceptors (Lipinski definition) is 3. The molecule has 1 aliphatic heterocycles. The van der Waals surface area contributed by atoms with Gasteiger partial charge in [0.05, 0.1) is 4.90 Å². The van der Waals surface area contributed by atoms with Crippen molar-refractivity contribution in [3.05, 3.63) is 29.6 Å². The quantitative estimate of drug-likeness (QED) is 0.924. The number of rotatable bonds is 4. The standard InChI is InChI=1S/C14H21FN2O2S/c1-3-16-13-6-8-17(9-7-13)20(18,19)14-10-12(15)5-4-11(14)2/h4-5,10,13,16H,3,6-9H2,1-2H3. The summed E-state index contributed by atoms with van der Waals surface area (Å²) in [5, 5.41) is 3.34. The summed E-state index contributed by atoms with van der Waals surface area (Å²) in [6.45, 7) is 5.59. The highest BCUT2D eigenvalue weighted by Crippen LogP contribution is 2.24. The van der Waals surface area contributed by atoms with Crippen molar-refractivity contribution in [2.45, 2.75) is 37.6 Å². The van der Waals surface area contributed by atoms with E-state index in [1.165, 1.54) is 16.4 Å². The molecule has 1 aromatic rings. The van der Waals surface area contributed by atoms with E-state index in [4.69, 9.17) is 0 Å². The van der Waals surface area contributed by atoms with E-state index >= 15 is 0 Å². The van der Waals surface area contributed by atoms with Crippen LogP contribution < -0.4 is 5.32 Å². The summed E-state index contributed by atoms with van der Waals surface area (Å²) in [6, 6.07) is 4.28. The molecular formula is C14H21FN2O2S. The van der Waals surface area contributed by atoms with Gasteiger partial charge in [-0.2, -0.15) is 4.31 Å². The zero-order valence-electron chi connectivity index (χ0n) is 11.9. The number of nitrogens with one attached hydrogen (secondary N) is 1. The Kier molecular flexibility index (Phi) is 4.78. The van der Waals surface area contributed by atoms with Crippen LogP contribution >= 0.6 is 0 Å². The van der Waals surface area contributed by atoms with E-state index in [0.717, 1.165) is 25.5 Å². The fourth-order valence-corrected chi connectivity index (χ4v) is 4.29. The normalized spacial score (nSPS) is 18.4. The molecule has 0 aromatic heterocycles. The molecule has 1 aromatic carbocycles. The zero-order chi connectivity index (χ0) is 14.8. The molecule has 1 N–H and O–H groups in total. The van der Waals surface area contributed by atoms with Gasteiger partial charge in [-0.1, -0.05) is 13.0 Å². The molecule has 0 saturated carbocycles. The Hall–Kier alpha value is -0.980. The second kappa shape index (κ2) is 6.20. The Labute approximate surface area is 120 Å². The maximum Gasteiger partial charge on any atom is 0.243 e. The van der Waals surface area contributed by atoms with Gasteiger partial charge in [-0.25, -0.2) is 12.8 Å². The summed E-state index contributed by atoms with van der Waals surface area (Å²) in [6.07, 6.45) is 1.59. The van der Waals surface area contributed by atoms with Crippen molar-refractivity contribution in [2.24, 2.45) is 0 Å². The van der Waals surface area contributed by atoms with Gasteiger partial charge in [0, 0.05) is 19.1 Å². The summed E-state index contributed by atoms with van der Waals surface area (Å²) >= 11 is 0. The van der Waals surface area contributed by atoms with Gasteiger partial charge in [-0.15, -0.1) is 0 Å². The third-order valence-corrected chi connectivity index (χ3v) is 5.76. The van der Waals surface area contributed by atoms with Crippen LogP contribution in [0.3, 0.4) is 0 Å². The van der Waals surface area contributed by atoms with Crippen molar-refractivity contribution in [1.29, 1.82) is 0 Å². The third-order valence-electron chi connectivity index (χ3n) is 3.71. The first-order chi connectivity index (χ1) is 9.45. The fraction of sp³-hybridized carbons (Fsp3) is 0.571. The Morgan fingerprint density at radius 2 is 2.00 bits per heavy atom. The molecule has 1 heterocycles. The summed E-state index contributed by atoms with van der Waals surface area (Å²) in [4.78, 5) is 0.0828. The number of piperidine rings is 1. The number of nitrogens with zero attached hydrogens (tertiary/aromatic N) is 1. The fourth-order valence-electron chi connectivity index (χ4n) is 2.58. The van der Waals surface area contributed by atoms with Crippen molar-refractivity contribution < 1.29 is 12.8 Å². The highest BCUT2D eigenvalue weighted by atomic mass is 32.2. The minimum Gasteiger partial charge on any atom is -0.314 e. The van der Waals surface area contributed by atoms with Gasteiger partial charge in [0.25, 0.3) is 0 Å². The number of halogens is 1. The average Bonchev–Trinajstić information content (AvgIpc) is 2.42. The molecule has 20 heavy (non-hydrogen) atoms. The highest BCUT2D eigenvalue weighted by Gasteiger charge is 2.30.